The molecule has 5 aromatic rings. The van der Waals surface area contributed by atoms with E-state index in [1.807, 2.05) is 71.3 Å². The first-order valence-corrected chi connectivity index (χ1v) is 18.0. The zero-order valence-electron chi connectivity index (χ0n) is 29.0. The lowest BCUT2D eigenvalue weighted by molar-refractivity contribution is 0.0973. The number of aryl methyl sites for hydroxylation is 3. The summed E-state index contributed by atoms with van der Waals surface area (Å²) in [6, 6.07) is 33.0. The Morgan fingerprint density at radius 2 is 1.12 bits per heavy atom. The molecule has 0 unspecified atom stereocenters. The molecule has 0 fully saturated rings. The van der Waals surface area contributed by atoms with Crippen LogP contribution in [0.2, 0.25) is 0 Å². The Balaban J connectivity index is 0.888. The number of para-hydroxylation sites is 2. The van der Waals surface area contributed by atoms with E-state index in [4.69, 9.17) is 14.2 Å². The van der Waals surface area contributed by atoms with Crippen molar-refractivity contribution < 1.29 is 23.8 Å². The second kappa shape index (κ2) is 12.6. The average Bonchev–Trinajstić information content (AvgIpc) is 3.65. The van der Waals surface area contributed by atoms with E-state index in [1.54, 1.807) is 7.11 Å². The fourth-order valence-corrected chi connectivity index (χ4v) is 8.54. The van der Waals surface area contributed by atoms with Crippen LogP contribution >= 0.6 is 0 Å². The van der Waals surface area contributed by atoms with Crippen LogP contribution in [-0.2, 0) is 38.9 Å². The Hall–Kier alpha value is -5.56. The van der Waals surface area contributed by atoms with Gasteiger partial charge in [-0.3, -0.25) is 9.59 Å². The number of ether oxygens (including phenoxy) is 3. The molecule has 0 aromatic heterocycles. The van der Waals surface area contributed by atoms with E-state index in [9.17, 15) is 9.59 Å². The number of fused-ring (bicyclic) bond motifs is 8. The number of benzene rings is 5. The van der Waals surface area contributed by atoms with Gasteiger partial charge in [-0.15, -0.1) is 0 Å². The fraction of sp³-hybridized carbons (Fsp3) is 0.273. The predicted molar refractivity (Wildman–Crippen MR) is 197 cm³/mol. The third-order valence-electron chi connectivity index (χ3n) is 11.1. The monoisotopic (exact) mass is 676 g/mol. The summed E-state index contributed by atoms with van der Waals surface area (Å²) in [5.74, 6) is 2.10. The Morgan fingerprint density at radius 1 is 0.588 bits per heavy atom. The zero-order chi connectivity index (χ0) is 34.6. The first kappa shape index (κ1) is 31.4. The maximum Gasteiger partial charge on any atom is 0.258 e. The largest absolute Gasteiger partial charge is 0.493 e. The second-order valence-electron chi connectivity index (χ2n) is 14.2. The molecule has 5 aromatic carbocycles. The number of carbonyl (C=O) groups is 2. The van der Waals surface area contributed by atoms with Gasteiger partial charge >= 0.3 is 0 Å². The highest BCUT2D eigenvalue weighted by atomic mass is 16.5. The standard InChI is InChI=1S/C44H40N2O5/c1-27-18-36-30(14-16-34-20-32-10-3-5-12-38(32)45(34)43(36)47)22-40(27)50-25-28-8-7-9-29(19-28)26-51-42-23-31-15-17-35-21-33-11-4-6-13-39(33)46(35)44(48)37(31)24-41(42)49-2/h3-13,18-19,22-24,34-35H,14-17,20-21,25-26H2,1-2H3/t34-,35-/m1/s1. The average molecular weight is 677 g/mol. The van der Waals surface area contributed by atoms with Crippen LogP contribution in [-0.4, -0.2) is 31.0 Å². The number of carbonyl (C=O) groups excluding carboxylic acids is 2. The first-order chi connectivity index (χ1) is 24.9. The SMILES string of the molecule is COc1cc2c(cc1OCc1cccc(COc3cc4c(cc3C)C(=O)N3c5ccccc5C[C@H]3CC4)c1)CC[C@@H]1Cc3ccccc3N1C2=O. The van der Waals surface area contributed by atoms with E-state index in [0.717, 1.165) is 89.0 Å². The van der Waals surface area contributed by atoms with Gasteiger partial charge in [-0.2, -0.15) is 0 Å². The maximum absolute atomic E-state index is 13.8. The van der Waals surface area contributed by atoms with Crippen molar-refractivity contribution in [1.82, 2.24) is 0 Å². The molecule has 0 aliphatic carbocycles. The molecule has 2 amide bonds. The Labute approximate surface area is 298 Å². The predicted octanol–water partition coefficient (Wildman–Crippen LogP) is 8.20. The van der Waals surface area contributed by atoms with E-state index in [2.05, 4.69) is 42.5 Å². The molecule has 4 aliphatic rings. The number of anilines is 2. The van der Waals surface area contributed by atoms with Crippen LogP contribution < -0.4 is 24.0 Å². The van der Waals surface area contributed by atoms with Crippen LogP contribution in [0.3, 0.4) is 0 Å². The van der Waals surface area contributed by atoms with Crippen LogP contribution in [0, 0.1) is 6.92 Å². The highest BCUT2D eigenvalue weighted by Gasteiger charge is 2.39. The minimum atomic E-state index is 0.0254. The van der Waals surface area contributed by atoms with E-state index in [0.29, 0.717) is 30.3 Å². The molecule has 2 atom stereocenters. The normalized spacial score (nSPS) is 18.5. The summed E-state index contributed by atoms with van der Waals surface area (Å²) >= 11 is 0. The highest BCUT2D eigenvalue weighted by molar-refractivity contribution is 6.10. The summed E-state index contributed by atoms with van der Waals surface area (Å²) in [4.78, 5) is 31.6. The topological polar surface area (TPSA) is 68.3 Å². The number of methoxy groups -OCH3 is 1. The molecule has 4 aliphatic heterocycles. The summed E-state index contributed by atoms with van der Waals surface area (Å²) in [5.41, 5.74) is 11.0. The van der Waals surface area contributed by atoms with Gasteiger partial charge in [-0.1, -0.05) is 54.6 Å². The molecule has 0 saturated carbocycles. The van der Waals surface area contributed by atoms with Crippen LogP contribution in [0.15, 0.2) is 97.1 Å². The molecule has 51 heavy (non-hydrogen) atoms. The number of amides is 2. The van der Waals surface area contributed by atoms with Gasteiger partial charge in [0.05, 0.1) is 7.11 Å². The van der Waals surface area contributed by atoms with Crippen molar-refractivity contribution in [3.05, 3.63) is 147 Å². The maximum atomic E-state index is 13.8. The third kappa shape index (κ3) is 5.52. The Kier molecular flexibility index (Phi) is 7.79. The summed E-state index contributed by atoms with van der Waals surface area (Å²) in [7, 11) is 1.62. The summed E-state index contributed by atoms with van der Waals surface area (Å²) in [5, 5.41) is 0. The van der Waals surface area contributed by atoms with Crippen LogP contribution in [0.1, 0.15) is 72.5 Å². The Morgan fingerprint density at radius 3 is 1.71 bits per heavy atom. The third-order valence-corrected chi connectivity index (χ3v) is 11.1. The quantitative estimate of drug-likeness (QED) is 0.174. The number of nitrogens with zero attached hydrogens (tertiary/aromatic N) is 2. The molecule has 256 valence electrons. The van der Waals surface area contributed by atoms with Gasteiger partial charge in [0.1, 0.15) is 19.0 Å². The van der Waals surface area contributed by atoms with Gasteiger partial charge in [0.15, 0.2) is 11.5 Å². The van der Waals surface area contributed by atoms with E-state index in [-0.39, 0.29) is 23.9 Å². The van der Waals surface area contributed by atoms with Crippen LogP contribution in [0.5, 0.6) is 17.2 Å². The molecule has 0 N–H and O–H groups in total. The van der Waals surface area contributed by atoms with E-state index < -0.39 is 0 Å². The molecule has 7 nitrogen and oxygen atoms in total. The molecule has 0 spiro atoms. The van der Waals surface area contributed by atoms with Gasteiger partial charge in [0, 0.05) is 34.6 Å². The van der Waals surface area contributed by atoms with Crippen LogP contribution in [0.25, 0.3) is 0 Å². The number of hydrogen-bond acceptors (Lipinski definition) is 5. The molecule has 7 heteroatoms. The van der Waals surface area contributed by atoms with Crippen molar-refractivity contribution >= 4 is 23.2 Å². The molecule has 0 bridgehead atoms. The summed E-state index contributed by atoms with van der Waals surface area (Å²) in [6.07, 6.45) is 5.26. The lowest BCUT2D eigenvalue weighted by Crippen LogP contribution is -2.36. The van der Waals surface area contributed by atoms with Gasteiger partial charge in [0.2, 0.25) is 0 Å². The van der Waals surface area contributed by atoms with Gasteiger partial charge < -0.3 is 24.0 Å². The summed E-state index contributed by atoms with van der Waals surface area (Å²) in [6.45, 7) is 2.76. The van der Waals surface area contributed by atoms with Crippen molar-refractivity contribution in [3.8, 4) is 17.2 Å². The first-order valence-electron chi connectivity index (χ1n) is 18.0. The van der Waals surface area contributed by atoms with Crippen molar-refractivity contribution in [2.24, 2.45) is 0 Å². The second-order valence-corrected chi connectivity index (χ2v) is 14.2. The van der Waals surface area contributed by atoms with Gasteiger partial charge in [-0.05, 0) is 127 Å². The number of rotatable bonds is 7. The minimum Gasteiger partial charge on any atom is -0.493 e. The minimum absolute atomic E-state index is 0.0254. The lowest BCUT2D eigenvalue weighted by atomic mass is 9.98. The van der Waals surface area contributed by atoms with Crippen molar-refractivity contribution in [2.75, 3.05) is 16.9 Å². The van der Waals surface area contributed by atoms with Crippen LogP contribution in [0.4, 0.5) is 11.4 Å². The molecular weight excluding hydrogens is 636 g/mol. The summed E-state index contributed by atoms with van der Waals surface area (Å²) < 4.78 is 18.5. The zero-order valence-corrected chi connectivity index (χ0v) is 29.0. The van der Waals surface area contributed by atoms with E-state index >= 15 is 0 Å². The Bertz CT molecular complexity index is 2210. The molecule has 4 heterocycles. The van der Waals surface area contributed by atoms with Gasteiger partial charge in [-0.25, -0.2) is 0 Å². The van der Waals surface area contributed by atoms with Crippen molar-refractivity contribution in [2.45, 2.75) is 70.7 Å². The molecular formula is C44H40N2O5. The molecule has 9 rings (SSSR count). The van der Waals surface area contributed by atoms with Crippen molar-refractivity contribution in [3.63, 3.8) is 0 Å². The van der Waals surface area contributed by atoms with Gasteiger partial charge in [0.25, 0.3) is 11.8 Å². The highest BCUT2D eigenvalue weighted by Crippen LogP contribution is 2.42. The smallest absolute Gasteiger partial charge is 0.258 e. The molecule has 0 saturated heterocycles. The fourth-order valence-electron chi connectivity index (χ4n) is 8.54. The van der Waals surface area contributed by atoms with E-state index in [1.165, 1.54) is 11.1 Å². The number of hydrogen-bond donors (Lipinski definition) is 0. The van der Waals surface area contributed by atoms with Crippen molar-refractivity contribution in [1.29, 1.82) is 0 Å². The lowest BCUT2D eigenvalue weighted by Gasteiger charge is -2.23. The molecule has 0 radical (unpaired) electrons.